The van der Waals surface area contributed by atoms with Gasteiger partial charge in [0.15, 0.2) is 0 Å². The minimum atomic E-state index is -4.01. The molecule has 0 spiro atoms. The number of hydrogen-bond acceptors (Lipinski definition) is 7. The zero-order valence-electron chi connectivity index (χ0n) is 24.1. The summed E-state index contributed by atoms with van der Waals surface area (Å²) in [5, 5.41) is 14.8. The topological polar surface area (TPSA) is 121 Å². The van der Waals surface area contributed by atoms with E-state index in [0.717, 1.165) is 41.6 Å². The van der Waals surface area contributed by atoms with E-state index in [-0.39, 0.29) is 22.8 Å². The Balaban J connectivity index is 1.45. The van der Waals surface area contributed by atoms with Gasteiger partial charge in [0.2, 0.25) is 15.9 Å². The lowest BCUT2D eigenvalue weighted by molar-refractivity contribution is -0.0632. The van der Waals surface area contributed by atoms with Gasteiger partial charge in [0.05, 0.1) is 16.5 Å². The predicted molar refractivity (Wildman–Crippen MR) is 157 cm³/mol. The van der Waals surface area contributed by atoms with Gasteiger partial charge in [0, 0.05) is 24.0 Å². The summed E-state index contributed by atoms with van der Waals surface area (Å²) in [4.78, 5) is 20.1. The first-order valence-corrected chi connectivity index (χ1v) is 15.5. The Hall–Kier alpha value is -3.47. The molecule has 1 saturated heterocycles. The molecule has 0 radical (unpaired) electrons. The van der Waals surface area contributed by atoms with Crippen LogP contribution in [0.5, 0.6) is 5.88 Å². The number of aromatic nitrogens is 1. The number of likely N-dealkylation sites (tertiary alicyclic amines) is 1. The van der Waals surface area contributed by atoms with Gasteiger partial charge in [-0.3, -0.25) is 4.79 Å². The summed E-state index contributed by atoms with van der Waals surface area (Å²) in [5.41, 5.74) is 3.73. The van der Waals surface area contributed by atoms with Crippen LogP contribution in [0.4, 0.5) is 5.69 Å². The van der Waals surface area contributed by atoms with Crippen molar-refractivity contribution in [1.82, 2.24) is 14.6 Å². The van der Waals surface area contributed by atoms with E-state index in [4.69, 9.17) is 4.74 Å². The van der Waals surface area contributed by atoms with E-state index in [9.17, 15) is 18.3 Å². The van der Waals surface area contributed by atoms with Crippen LogP contribution in [0.3, 0.4) is 0 Å². The first-order chi connectivity index (χ1) is 19.4. The fraction of sp³-hybridized carbons (Fsp3) is 0.419. The zero-order chi connectivity index (χ0) is 29.5. The van der Waals surface area contributed by atoms with Gasteiger partial charge in [0.1, 0.15) is 17.9 Å². The maximum Gasteiger partial charge on any atom is 0.257 e. The average molecular weight is 579 g/mol. The maximum absolute atomic E-state index is 13.8. The van der Waals surface area contributed by atoms with E-state index in [0.29, 0.717) is 17.7 Å². The van der Waals surface area contributed by atoms with Crippen molar-refractivity contribution >= 4 is 21.6 Å². The second-order valence-electron chi connectivity index (χ2n) is 11.4. The lowest BCUT2D eigenvalue weighted by atomic mass is 9.88. The predicted octanol–water partition coefficient (Wildman–Crippen LogP) is 4.49. The van der Waals surface area contributed by atoms with Crippen molar-refractivity contribution in [3.8, 4) is 5.88 Å². The molecular formula is C31H38N4O5S. The Morgan fingerprint density at radius 2 is 1.83 bits per heavy atom. The van der Waals surface area contributed by atoms with E-state index in [1.807, 2.05) is 39.0 Å². The molecule has 2 aromatic carbocycles. The summed E-state index contributed by atoms with van der Waals surface area (Å²) in [7, 11) is -4.01. The van der Waals surface area contributed by atoms with Crippen molar-refractivity contribution in [2.24, 2.45) is 0 Å². The van der Waals surface area contributed by atoms with Crippen LogP contribution in [0.25, 0.3) is 0 Å². The Kier molecular flexibility index (Phi) is 7.84. The molecule has 0 aliphatic carbocycles. The highest BCUT2D eigenvalue weighted by atomic mass is 32.2. The summed E-state index contributed by atoms with van der Waals surface area (Å²) in [5.74, 6) is -0.0462. The summed E-state index contributed by atoms with van der Waals surface area (Å²) < 4.78 is 35.4. The standard InChI is InChI=1S/C31H38N4O5S/c1-6-21-12-14-23(15-13-21)41(38,39)34-27-24-17-22(18-32-29(24)40-31(4,5)28(27)36)30(37)35-16-8-11-25(35)33-26-19(2)9-7-10-20(26)3/h7,9-10,12-15,17-18,25,27-28,33-34,36H,6,8,11,16H2,1-5H3/t25-,27+,28-/m0/s1. The van der Waals surface area contributed by atoms with Gasteiger partial charge in [-0.25, -0.2) is 18.1 Å². The van der Waals surface area contributed by atoms with Gasteiger partial charge in [-0.05, 0) is 81.8 Å². The number of carbonyl (C=O) groups excluding carboxylic acids is 1. The molecule has 0 saturated carbocycles. The lowest BCUT2D eigenvalue weighted by Gasteiger charge is -2.41. The molecule has 5 rings (SSSR count). The second kappa shape index (κ2) is 11.1. The number of rotatable bonds is 7. The maximum atomic E-state index is 13.8. The number of aryl methyl sites for hydroxylation is 3. The summed E-state index contributed by atoms with van der Waals surface area (Å²) >= 11 is 0. The molecule has 3 aromatic rings. The Bertz CT molecular complexity index is 1530. The number of aliphatic hydroxyl groups is 1. The highest BCUT2D eigenvalue weighted by molar-refractivity contribution is 7.89. The van der Waals surface area contributed by atoms with Gasteiger partial charge in [-0.1, -0.05) is 37.3 Å². The molecule has 218 valence electrons. The number of aliphatic hydroxyl groups excluding tert-OH is 1. The molecule has 3 N–H and O–H groups in total. The number of amides is 1. The number of sulfonamides is 1. The van der Waals surface area contributed by atoms with Crippen molar-refractivity contribution in [2.75, 3.05) is 11.9 Å². The van der Waals surface area contributed by atoms with Crippen LogP contribution in [0.15, 0.2) is 59.6 Å². The first-order valence-electron chi connectivity index (χ1n) is 14.0. The van der Waals surface area contributed by atoms with Crippen LogP contribution in [0.2, 0.25) is 0 Å². The fourth-order valence-electron chi connectivity index (χ4n) is 5.58. The second-order valence-corrected chi connectivity index (χ2v) is 13.1. The summed E-state index contributed by atoms with van der Waals surface area (Å²) in [6, 6.07) is 13.2. The Morgan fingerprint density at radius 1 is 1.15 bits per heavy atom. The van der Waals surface area contributed by atoms with Crippen LogP contribution >= 0.6 is 0 Å². The molecule has 0 bridgehead atoms. The molecule has 41 heavy (non-hydrogen) atoms. The fourth-order valence-corrected chi connectivity index (χ4v) is 6.80. The summed E-state index contributed by atoms with van der Waals surface area (Å²) in [6.07, 6.45) is 2.46. The highest BCUT2D eigenvalue weighted by Gasteiger charge is 2.46. The molecular weight excluding hydrogens is 540 g/mol. The van der Waals surface area contributed by atoms with E-state index < -0.39 is 27.8 Å². The number of ether oxygens (including phenoxy) is 1. The van der Waals surface area contributed by atoms with Gasteiger partial charge in [0.25, 0.3) is 5.91 Å². The minimum absolute atomic E-state index is 0.0884. The van der Waals surface area contributed by atoms with Crippen molar-refractivity contribution in [3.63, 3.8) is 0 Å². The van der Waals surface area contributed by atoms with Crippen LogP contribution < -0.4 is 14.8 Å². The summed E-state index contributed by atoms with van der Waals surface area (Å²) in [6.45, 7) is 10.00. The van der Waals surface area contributed by atoms with Crippen LogP contribution in [-0.2, 0) is 16.4 Å². The zero-order valence-corrected chi connectivity index (χ0v) is 25.0. The van der Waals surface area contributed by atoms with Crippen LogP contribution in [-0.4, -0.2) is 53.7 Å². The Labute approximate surface area is 242 Å². The smallest absolute Gasteiger partial charge is 0.257 e. The van der Waals surface area contributed by atoms with Crippen LogP contribution in [0.1, 0.15) is 72.3 Å². The molecule has 2 aliphatic heterocycles. The van der Waals surface area contributed by atoms with Crippen molar-refractivity contribution in [3.05, 3.63) is 82.5 Å². The van der Waals surface area contributed by atoms with Gasteiger partial charge < -0.3 is 20.1 Å². The quantitative estimate of drug-likeness (QED) is 0.378. The van der Waals surface area contributed by atoms with Gasteiger partial charge in [-0.2, -0.15) is 0 Å². The largest absolute Gasteiger partial charge is 0.469 e. The van der Waals surface area contributed by atoms with Crippen molar-refractivity contribution in [2.45, 2.75) is 82.7 Å². The number of fused-ring (bicyclic) bond motifs is 1. The monoisotopic (exact) mass is 578 g/mol. The number of anilines is 1. The molecule has 3 atom stereocenters. The third-order valence-electron chi connectivity index (χ3n) is 8.08. The Morgan fingerprint density at radius 3 is 2.49 bits per heavy atom. The van der Waals surface area contributed by atoms with E-state index >= 15 is 0 Å². The van der Waals surface area contributed by atoms with E-state index in [1.54, 1.807) is 49.1 Å². The van der Waals surface area contributed by atoms with Crippen molar-refractivity contribution in [1.29, 1.82) is 0 Å². The third kappa shape index (κ3) is 5.68. The lowest BCUT2D eigenvalue weighted by Crippen LogP contribution is -2.53. The number of pyridine rings is 1. The number of hydrogen-bond donors (Lipinski definition) is 3. The normalized spacial score (nSPS) is 21.7. The van der Waals surface area contributed by atoms with E-state index in [2.05, 4.69) is 15.0 Å². The van der Waals surface area contributed by atoms with Gasteiger partial charge >= 0.3 is 0 Å². The van der Waals surface area contributed by atoms with Gasteiger partial charge in [-0.15, -0.1) is 0 Å². The van der Waals surface area contributed by atoms with Crippen molar-refractivity contribution < 1.29 is 23.1 Å². The molecule has 1 fully saturated rings. The molecule has 10 heteroatoms. The van der Waals surface area contributed by atoms with E-state index in [1.165, 1.54) is 6.20 Å². The third-order valence-corrected chi connectivity index (χ3v) is 9.54. The van der Waals surface area contributed by atoms with Crippen LogP contribution in [0, 0.1) is 13.8 Å². The molecule has 2 aliphatic rings. The average Bonchev–Trinajstić information content (AvgIpc) is 3.41. The molecule has 1 aromatic heterocycles. The molecule has 1 amide bonds. The minimum Gasteiger partial charge on any atom is -0.469 e. The SMILES string of the molecule is CCc1ccc(S(=O)(=O)N[C@@H]2c3cc(C(=O)N4CCC[C@H]4Nc4c(C)cccc4C)cnc3OC(C)(C)[C@H]2O)cc1. The first kappa shape index (κ1) is 29.0. The molecule has 9 nitrogen and oxygen atoms in total. The number of nitrogens with zero attached hydrogens (tertiary/aromatic N) is 2. The number of para-hydroxylation sites is 1. The number of carbonyl (C=O) groups is 1. The number of benzene rings is 2. The molecule has 0 unspecified atom stereocenters. The number of nitrogens with one attached hydrogen (secondary N) is 2. The molecule has 3 heterocycles. The highest BCUT2D eigenvalue weighted by Crippen LogP contribution is 2.40.